The first-order valence-corrected chi connectivity index (χ1v) is 16.6. The van der Waals surface area contributed by atoms with E-state index >= 15 is 0 Å². The molecule has 0 aliphatic rings. The third kappa shape index (κ3) is 5.04. The van der Waals surface area contributed by atoms with Crippen molar-refractivity contribution in [2.45, 2.75) is 0 Å². The van der Waals surface area contributed by atoms with E-state index in [0.29, 0.717) is 16.7 Å². The molecule has 0 aliphatic carbocycles. The van der Waals surface area contributed by atoms with E-state index in [2.05, 4.69) is 6.07 Å². The highest BCUT2D eigenvalue weighted by atomic mass is 16.3. The zero-order valence-corrected chi connectivity index (χ0v) is 28.4. The molecule has 226 valence electrons. The molecule has 0 N–H and O–H groups in total. The molecule has 0 saturated carbocycles. The van der Waals surface area contributed by atoms with E-state index in [1.807, 2.05) is 72.8 Å². The van der Waals surface area contributed by atoms with Crippen LogP contribution < -0.4 is 54.6 Å². The van der Waals surface area contributed by atoms with E-state index in [0.717, 1.165) is 43.8 Å². The van der Waals surface area contributed by atoms with Crippen LogP contribution in [-0.2, 0) is 0 Å². The summed E-state index contributed by atoms with van der Waals surface area (Å²) in [6.45, 7) is 0. The molecule has 0 bridgehead atoms. The standard InChI is InChI=1S/C39H13B10N3O2/c40-26-24(27(41)31(45)34(48)30(26)44)38-50-37(51-39(52-38)25-28(42)32(46)35(49)33(47)29(25)43)19-8-4-10-21-23(19)18-12-11-14(13-22(18)53-21)15-6-3-7-17-16-5-1-2-9-20(16)54-36(15)17/h1-13H. The molecule has 54 heavy (non-hydrogen) atoms. The van der Waals surface area contributed by atoms with E-state index in [-0.39, 0.29) is 83.2 Å². The van der Waals surface area contributed by atoms with E-state index in [1.165, 1.54) is 0 Å². The average Bonchev–Trinajstić information content (AvgIpc) is 3.76. The maximum Gasteiger partial charge on any atom is 0.164 e. The first-order chi connectivity index (χ1) is 25.9. The molecule has 6 aromatic carbocycles. The van der Waals surface area contributed by atoms with Gasteiger partial charge in [0.05, 0.1) is 0 Å². The van der Waals surface area contributed by atoms with Crippen LogP contribution in [0, 0.1) is 0 Å². The smallest absolute Gasteiger partial charge is 0.164 e. The Morgan fingerprint density at radius 2 is 0.870 bits per heavy atom. The Hall–Kier alpha value is -5.42. The molecule has 0 spiro atoms. The van der Waals surface area contributed by atoms with E-state index in [4.69, 9.17) is 102 Å². The van der Waals surface area contributed by atoms with Gasteiger partial charge in [-0.25, -0.2) is 15.0 Å². The minimum absolute atomic E-state index is 0.00202. The van der Waals surface area contributed by atoms with Gasteiger partial charge < -0.3 is 8.83 Å². The second-order valence-electron chi connectivity index (χ2n) is 13.0. The largest absolute Gasteiger partial charge is 0.456 e. The minimum atomic E-state index is 0.00202. The summed E-state index contributed by atoms with van der Waals surface area (Å²) in [6.07, 6.45) is 0. The van der Waals surface area contributed by atoms with Crippen LogP contribution in [0.4, 0.5) is 0 Å². The van der Waals surface area contributed by atoms with Crippen molar-refractivity contribution in [3.05, 3.63) is 78.9 Å². The monoisotopic (exact) mass is 665 g/mol. The van der Waals surface area contributed by atoms with Crippen molar-refractivity contribution in [1.82, 2.24) is 15.0 Å². The lowest BCUT2D eigenvalue weighted by molar-refractivity contribution is 0.668. The van der Waals surface area contributed by atoms with Gasteiger partial charge in [-0.15, -0.1) is 32.8 Å². The van der Waals surface area contributed by atoms with E-state index in [9.17, 15) is 0 Å². The molecule has 0 atom stereocenters. The fourth-order valence-corrected chi connectivity index (χ4v) is 7.06. The predicted molar refractivity (Wildman–Crippen MR) is 230 cm³/mol. The lowest BCUT2D eigenvalue weighted by Crippen LogP contribution is -2.55. The Labute approximate surface area is 323 Å². The van der Waals surface area contributed by atoms with Crippen LogP contribution >= 0.6 is 0 Å². The molecule has 20 radical (unpaired) electrons. The summed E-state index contributed by atoms with van der Waals surface area (Å²) >= 11 is 0. The number of nitrogens with zero attached hydrogens (tertiary/aromatic N) is 3. The molecule has 9 rings (SSSR count). The fraction of sp³-hybridized carbons (Fsp3) is 0. The summed E-state index contributed by atoms with van der Waals surface area (Å²) < 4.78 is 12.8. The zero-order chi connectivity index (χ0) is 37.7. The zero-order valence-electron chi connectivity index (χ0n) is 28.4. The Morgan fingerprint density at radius 3 is 1.50 bits per heavy atom. The van der Waals surface area contributed by atoms with Gasteiger partial charge in [0, 0.05) is 43.8 Å². The Morgan fingerprint density at radius 1 is 0.370 bits per heavy atom. The number of furan rings is 2. The van der Waals surface area contributed by atoms with Crippen molar-refractivity contribution >= 4 is 177 Å². The molecular weight excluding hydrogens is 651 g/mol. The second kappa shape index (κ2) is 12.6. The molecule has 9 aromatic rings. The number of benzene rings is 6. The van der Waals surface area contributed by atoms with Crippen LogP contribution in [0.3, 0.4) is 0 Å². The molecular formula is C39H13B10N3O2. The van der Waals surface area contributed by atoms with Gasteiger partial charge in [-0.1, -0.05) is 76.4 Å². The molecule has 0 unspecified atom stereocenters. The number of aromatic nitrogens is 3. The summed E-state index contributed by atoms with van der Waals surface area (Å²) in [5.41, 5.74) is 5.61. The number of para-hydroxylation sites is 2. The van der Waals surface area contributed by atoms with Crippen LogP contribution in [0.1, 0.15) is 0 Å². The van der Waals surface area contributed by atoms with Crippen molar-refractivity contribution in [1.29, 1.82) is 0 Å². The predicted octanol–water partition coefficient (Wildman–Crippen LogP) is -1.72. The minimum Gasteiger partial charge on any atom is -0.456 e. The van der Waals surface area contributed by atoms with Gasteiger partial charge in [0.1, 0.15) is 101 Å². The van der Waals surface area contributed by atoms with E-state index < -0.39 is 0 Å². The van der Waals surface area contributed by atoms with Crippen molar-refractivity contribution in [3.8, 4) is 45.3 Å². The van der Waals surface area contributed by atoms with Crippen LogP contribution in [0.25, 0.3) is 89.2 Å². The Kier molecular flexibility index (Phi) is 8.00. The molecule has 3 aromatic heterocycles. The van der Waals surface area contributed by atoms with Crippen molar-refractivity contribution in [2.24, 2.45) is 0 Å². The van der Waals surface area contributed by atoms with E-state index in [1.54, 1.807) is 0 Å². The summed E-state index contributed by atoms with van der Waals surface area (Å²) in [6, 6.07) is 25.6. The number of hydrogen-bond acceptors (Lipinski definition) is 5. The molecule has 0 aliphatic heterocycles. The summed E-state index contributed by atoms with van der Waals surface area (Å²) in [5, 5.41) is 3.58. The van der Waals surface area contributed by atoms with Gasteiger partial charge in [0.2, 0.25) is 0 Å². The third-order valence-corrected chi connectivity index (χ3v) is 9.93. The van der Waals surface area contributed by atoms with Crippen molar-refractivity contribution in [3.63, 3.8) is 0 Å². The third-order valence-electron chi connectivity index (χ3n) is 9.93. The molecule has 0 amide bonds. The lowest BCUT2D eigenvalue weighted by atomic mass is 9.60. The van der Waals surface area contributed by atoms with Crippen LogP contribution in [-0.4, -0.2) is 93.4 Å². The maximum absolute atomic E-state index is 6.49. The second-order valence-corrected chi connectivity index (χ2v) is 13.0. The first-order valence-electron chi connectivity index (χ1n) is 16.6. The Balaban J connectivity index is 1.30. The summed E-state index contributed by atoms with van der Waals surface area (Å²) in [4.78, 5) is 14.4. The average molecular weight is 664 g/mol. The normalized spacial score (nSPS) is 11.7. The van der Waals surface area contributed by atoms with Crippen molar-refractivity contribution in [2.75, 3.05) is 0 Å². The van der Waals surface area contributed by atoms with Gasteiger partial charge >= 0.3 is 0 Å². The van der Waals surface area contributed by atoms with Gasteiger partial charge in [0.15, 0.2) is 17.5 Å². The highest BCUT2D eigenvalue weighted by Crippen LogP contribution is 2.40. The number of fused-ring (bicyclic) bond motifs is 6. The van der Waals surface area contributed by atoms with Crippen LogP contribution in [0.15, 0.2) is 87.7 Å². The quantitative estimate of drug-likeness (QED) is 0.210. The Bertz CT molecular complexity index is 2940. The summed E-state index contributed by atoms with van der Waals surface area (Å²) in [7, 11) is 63.2. The topological polar surface area (TPSA) is 65.0 Å². The molecule has 0 saturated heterocycles. The summed E-state index contributed by atoms with van der Waals surface area (Å²) in [5.74, 6) is 0.185. The van der Waals surface area contributed by atoms with Gasteiger partial charge in [-0.2, -0.15) is 0 Å². The molecule has 15 heteroatoms. The highest BCUT2D eigenvalue weighted by Gasteiger charge is 2.23. The molecule has 3 heterocycles. The molecule has 0 fully saturated rings. The number of hydrogen-bond donors (Lipinski definition) is 0. The SMILES string of the molecule is [B]c1c([B])c([B])c(-c2nc(-c3c([B])c([B])c([B])c([B])c3[B])nc(-c3cccc4oc5cc(-c6cccc7c6oc6ccccc67)ccc5c34)n2)c([B])c1[B]. The number of rotatable bonds is 4. The fourth-order valence-electron chi connectivity index (χ4n) is 7.06. The van der Waals surface area contributed by atoms with Crippen LogP contribution in [0.5, 0.6) is 0 Å². The van der Waals surface area contributed by atoms with Gasteiger partial charge in [-0.05, 0) is 29.8 Å². The van der Waals surface area contributed by atoms with Gasteiger partial charge in [0.25, 0.3) is 0 Å². The highest BCUT2D eigenvalue weighted by molar-refractivity contribution is 6.70. The first kappa shape index (κ1) is 34.4. The van der Waals surface area contributed by atoms with Crippen LogP contribution in [0.2, 0.25) is 0 Å². The lowest BCUT2D eigenvalue weighted by Gasteiger charge is -2.22. The molecule has 5 nitrogen and oxygen atoms in total. The maximum atomic E-state index is 6.49. The van der Waals surface area contributed by atoms with Crippen molar-refractivity contribution < 1.29 is 8.83 Å². The van der Waals surface area contributed by atoms with Gasteiger partial charge in [-0.3, -0.25) is 0 Å².